The van der Waals surface area contributed by atoms with Crippen molar-refractivity contribution < 1.29 is 19.2 Å². The Bertz CT molecular complexity index is 521. The highest BCUT2D eigenvalue weighted by atomic mass is 79.9. The van der Waals surface area contributed by atoms with Gasteiger partial charge in [0.15, 0.2) is 0 Å². The molecule has 4 rings (SSSR count). The minimum atomic E-state index is -0.103. The number of carbonyl (C=O) groups excluding carboxylic acids is 4. The van der Waals surface area contributed by atoms with Crippen molar-refractivity contribution >= 4 is 57.6 Å². The molecule has 22 heavy (non-hydrogen) atoms. The lowest BCUT2D eigenvalue weighted by Gasteiger charge is -1.97. The summed E-state index contributed by atoms with van der Waals surface area (Å²) in [7, 11) is 0. The maximum atomic E-state index is 10.8. The standard InChI is InChI=1S/2C6H6N2O2.2BrH/c2*9-5-3-1-7-6(10)4(3)2-8-5;;/h2*1-2H2,(H,7,10)(H,8,9);2*1H. The summed E-state index contributed by atoms with van der Waals surface area (Å²) < 4.78 is 0. The molecule has 4 N–H and O–H groups in total. The minimum absolute atomic E-state index is 0. The van der Waals surface area contributed by atoms with Gasteiger partial charge in [0.1, 0.15) is 0 Å². The molecule has 0 atom stereocenters. The highest BCUT2D eigenvalue weighted by Gasteiger charge is 2.32. The summed E-state index contributed by atoms with van der Waals surface area (Å²) in [5, 5.41) is 10.3. The Balaban J connectivity index is 0.000000202. The van der Waals surface area contributed by atoms with E-state index in [1.165, 1.54) is 0 Å². The first-order valence-electron chi connectivity index (χ1n) is 6.14. The molecule has 4 aliphatic rings. The maximum absolute atomic E-state index is 10.8. The van der Waals surface area contributed by atoms with E-state index in [1.54, 1.807) is 0 Å². The van der Waals surface area contributed by atoms with Gasteiger partial charge in [-0.3, -0.25) is 19.2 Å². The average Bonchev–Trinajstić information content (AvgIpc) is 3.13. The van der Waals surface area contributed by atoms with Crippen LogP contribution in [0.3, 0.4) is 0 Å². The average molecular weight is 438 g/mol. The van der Waals surface area contributed by atoms with E-state index in [0.29, 0.717) is 48.5 Å². The molecule has 4 aliphatic heterocycles. The van der Waals surface area contributed by atoms with E-state index in [2.05, 4.69) is 21.3 Å². The highest BCUT2D eigenvalue weighted by Crippen LogP contribution is 2.15. The molecule has 0 aromatic heterocycles. The third kappa shape index (κ3) is 3.07. The monoisotopic (exact) mass is 436 g/mol. The second kappa shape index (κ2) is 7.05. The van der Waals surface area contributed by atoms with Crippen molar-refractivity contribution in [3.8, 4) is 0 Å². The predicted molar refractivity (Wildman–Crippen MR) is 86.7 cm³/mol. The van der Waals surface area contributed by atoms with Gasteiger partial charge in [-0.1, -0.05) is 0 Å². The third-order valence-corrected chi connectivity index (χ3v) is 3.53. The molecule has 0 bridgehead atoms. The van der Waals surface area contributed by atoms with Crippen molar-refractivity contribution in [2.45, 2.75) is 0 Å². The second-order valence-electron chi connectivity index (χ2n) is 4.64. The summed E-state index contributed by atoms with van der Waals surface area (Å²) in [5.41, 5.74) is 2.46. The van der Waals surface area contributed by atoms with Crippen LogP contribution >= 0.6 is 34.0 Å². The van der Waals surface area contributed by atoms with Gasteiger partial charge in [0.2, 0.25) is 23.6 Å². The highest BCUT2D eigenvalue weighted by molar-refractivity contribution is 8.93. The van der Waals surface area contributed by atoms with E-state index in [-0.39, 0.29) is 57.6 Å². The van der Waals surface area contributed by atoms with Gasteiger partial charge in [-0.15, -0.1) is 34.0 Å². The van der Waals surface area contributed by atoms with Crippen LogP contribution in [0, 0.1) is 0 Å². The quantitative estimate of drug-likeness (QED) is 0.359. The van der Waals surface area contributed by atoms with Gasteiger partial charge < -0.3 is 21.3 Å². The van der Waals surface area contributed by atoms with Crippen molar-refractivity contribution in [1.29, 1.82) is 0 Å². The first-order valence-corrected chi connectivity index (χ1v) is 6.14. The fraction of sp³-hybridized carbons (Fsp3) is 0.333. The van der Waals surface area contributed by atoms with Crippen molar-refractivity contribution in [3.63, 3.8) is 0 Å². The van der Waals surface area contributed by atoms with Gasteiger partial charge in [0.25, 0.3) is 0 Å². The molecule has 0 aromatic carbocycles. The number of hydrogen-bond acceptors (Lipinski definition) is 4. The number of hydrogen-bond donors (Lipinski definition) is 4. The van der Waals surface area contributed by atoms with Crippen LogP contribution in [0.25, 0.3) is 0 Å². The maximum Gasteiger partial charge on any atom is 0.249 e. The Kier molecular flexibility index (Phi) is 5.89. The van der Waals surface area contributed by atoms with Crippen molar-refractivity contribution in [3.05, 3.63) is 22.3 Å². The van der Waals surface area contributed by atoms with E-state index < -0.39 is 0 Å². The summed E-state index contributed by atoms with van der Waals surface area (Å²) in [6.45, 7) is 1.61. The lowest BCUT2D eigenvalue weighted by molar-refractivity contribution is -0.118. The number of halogens is 2. The first kappa shape index (κ1) is 18.4. The van der Waals surface area contributed by atoms with Gasteiger partial charge in [-0.05, 0) is 0 Å². The minimum Gasteiger partial charge on any atom is -0.348 e. The molecule has 4 heterocycles. The number of rotatable bonds is 0. The molecule has 0 radical (unpaired) electrons. The molecule has 0 spiro atoms. The zero-order chi connectivity index (χ0) is 14.3. The van der Waals surface area contributed by atoms with Crippen LogP contribution in [0.15, 0.2) is 22.3 Å². The number of carbonyl (C=O) groups is 4. The van der Waals surface area contributed by atoms with Gasteiger partial charge in [-0.25, -0.2) is 0 Å². The summed E-state index contributed by atoms with van der Waals surface area (Å²) in [6, 6.07) is 0. The number of amides is 4. The summed E-state index contributed by atoms with van der Waals surface area (Å²) in [6.07, 6.45) is 0. The normalized spacial score (nSPS) is 20.7. The molecule has 10 heteroatoms. The molecule has 0 aromatic rings. The summed E-state index contributed by atoms with van der Waals surface area (Å²) in [5.74, 6) is -0.414. The van der Waals surface area contributed by atoms with Crippen LogP contribution in [-0.2, 0) is 19.2 Å². The fourth-order valence-electron chi connectivity index (χ4n) is 2.40. The Morgan fingerprint density at radius 1 is 0.455 bits per heavy atom. The number of nitrogens with one attached hydrogen (secondary N) is 4. The Morgan fingerprint density at radius 3 is 0.818 bits per heavy atom. The SMILES string of the molecule is Br.Br.O=C1NCC2=C1CNC2=O.O=C1NCC2=C1CNC2=O. The lowest BCUT2D eigenvalue weighted by atomic mass is 10.2. The molecule has 0 aliphatic carbocycles. The van der Waals surface area contributed by atoms with Crippen molar-refractivity contribution in [2.24, 2.45) is 0 Å². The smallest absolute Gasteiger partial charge is 0.249 e. The first-order chi connectivity index (χ1) is 9.58. The molecule has 4 amide bonds. The lowest BCUT2D eigenvalue weighted by Crippen LogP contribution is -2.28. The van der Waals surface area contributed by atoms with Crippen LogP contribution in [0.2, 0.25) is 0 Å². The van der Waals surface area contributed by atoms with Gasteiger partial charge in [-0.2, -0.15) is 0 Å². The van der Waals surface area contributed by atoms with Crippen LogP contribution in [-0.4, -0.2) is 49.8 Å². The van der Waals surface area contributed by atoms with E-state index >= 15 is 0 Å². The molecule has 0 saturated heterocycles. The van der Waals surface area contributed by atoms with E-state index in [1.807, 2.05) is 0 Å². The van der Waals surface area contributed by atoms with Gasteiger partial charge in [0.05, 0.1) is 0 Å². The molecule has 0 unspecified atom stereocenters. The Labute approximate surface area is 146 Å². The second-order valence-corrected chi connectivity index (χ2v) is 4.64. The van der Waals surface area contributed by atoms with E-state index in [0.717, 1.165) is 0 Å². The van der Waals surface area contributed by atoms with E-state index in [9.17, 15) is 19.2 Å². The van der Waals surface area contributed by atoms with Gasteiger partial charge >= 0.3 is 0 Å². The zero-order valence-electron chi connectivity index (χ0n) is 11.3. The molecular weight excluding hydrogens is 424 g/mol. The third-order valence-electron chi connectivity index (χ3n) is 3.53. The predicted octanol–water partition coefficient (Wildman–Crippen LogP) is -1.76. The molecule has 120 valence electrons. The Morgan fingerprint density at radius 2 is 0.636 bits per heavy atom. The van der Waals surface area contributed by atoms with Crippen LogP contribution in [0.1, 0.15) is 0 Å². The van der Waals surface area contributed by atoms with Crippen molar-refractivity contribution in [1.82, 2.24) is 21.3 Å². The van der Waals surface area contributed by atoms with E-state index in [4.69, 9.17) is 0 Å². The molecule has 8 nitrogen and oxygen atoms in total. The summed E-state index contributed by atoms with van der Waals surface area (Å²) >= 11 is 0. The largest absolute Gasteiger partial charge is 0.348 e. The van der Waals surface area contributed by atoms with Crippen LogP contribution in [0.5, 0.6) is 0 Å². The Hall–Kier alpha value is -1.68. The van der Waals surface area contributed by atoms with Gasteiger partial charge in [0, 0.05) is 48.5 Å². The fourth-order valence-corrected chi connectivity index (χ4v) is 2.40. The topological polar surface area (TPSA) is 116 Å². The molecule has 0 fully saturated rings. The summed E-state index contributed by atoms with van der Waals surface area (Å²) in [4.78, 5) is 43.4. The molecule has 0 saturated carbocycles. The van der Waals surface area contributed by atoms with Crippen LogP contribution in [0.4, 0.5) is 0 Å². The van der Waals surface area contributed by atoms with Crippen LogP contribution < -0.4 is 21.3 Å². The van der Waals surface area contributed by atoms with Crippen molar-refractivity contribution in [2.75, 3.05) is 26.2 Å². The zero-order valence-corrected chi connectivity index (χ0v) is 14.7. The molecular formula is C12H14Br2N4O4.